The van der Waals surface area contributed by atoms with Crippen molar-refractivity contribution in [2.75, 3.05) is 65.9 Å². The molecule has 0 spiro atoms. The van der Waals surface area contributed by atoms with Gasteiger partial charge in [0.25, 0.3) is 0 Å². The number of para-hydroxylation sites is 2. The number of hydrogen-bond acceptors (Lipinski definition) is 12. The normalized spacial score (nSPS) is 16.4. The zero-order valence-corrected chi connectivity index (χ0v) is 22.7. The second kappa shape index (κ2) is 14.7. The smallest absolute Gasteiger partial charge is 0.345 e. The molecule has 2 heterocycles. The molecule has 222 valence electrons. The Morgan fingerprint density at radius 1 is 0.548 bits per heavy atom. The third-order valence-corrected chi connectivity index (χ3v) is 6.28. The predicted molar refractivity (Wildman–Crippen MR) is 142 cm³/mol. The van der Waals surface area contributed by atoms with E-state index >= 15 is 0 Å². The number of hydrogen-bond donors (Lipinski definition) is 0. The van der Waals surface area contributed by atoms with E-state index in [2.05, 4.69) is 0 Å². The lowest BCUT2D eigenvalue weighted by atomic mass is 10.2. The van der Waals surface area contributed by atoms with Crippen molar-refractivity contribution in [1.29, 1.82) is 0 Å². The molecule has 2 aromatic rings. The fourth-order valence-corrected chi connectivity index (χ4v) is 4.06. The minimum Gasteiger partial charge on any atom is -0.482 e. The molecule has 2 aromatic carbocycles. The van der Waals surface area contributed by atoms with Crippen molar-refractivity contribution in [3.05, 3.63) is 60.7 Å². The van der Waals surface area contributed by atoms with Crippen LogP contribution in [0, 0.1) is 0 Å². The SMILES string of the molecule is O=C(COc1ccccc1)OCN1C(=O)CN(CCN2CC(=O)N(COC(=O)COc3ccccc3)C(=O)C2)CC1=O. The second-order valence-electron chi connectivity index (χ2n) is 9.35. The van der Waals surface area contributed by atoms with Crippen molar-refractivity contribution >= 4 is 35.6 Å². The maximum atomic E-state index is 12.5. The summed E-state index contributed by atoms with van der Waals surface area (Å²) in [6, 6.07) is 17.3. The predicted octanol–water partition coefficient (Wildman–Crippen LogP) is -0.513. The van der Waals surface area contributed by atoms with Crippen LogP contribution in [-0.2, 0) is 38.2 Å². The molecule has 14 nitrogen and oxygen atoms in total. The Morgan fingerprint density at radius 2 is 0.881 bits per heavy atom. The summed E-state index contributed by atoms with van der Waals surface area (Å²) in [5.41, 5.74) is 0. The lowest BCUT2D eigenvalue weighted by molar-refractivity contribution is -0.167. The fraction of sp³-hybridized carbons (Fsp3) is 0.357. The lowest BCUT2D eigenvalue weighted by Gasteiger charge is -2.35. The molecule has 0 aliphatic carbocycles. The fourth-order valence-electron chi connectivity index (χ4n) is 4.06. The van der Waals surface area contributed by atoms with Crippen LogP contribution in [0.25, 0.3) is 0 Å². The largest absolute Gasteiger partial charge is 0.482 e. The van der Waals surface area contributed by atoms with Crippen LogP contribution in [0.15, 0.2) is 60.7 Å². The summed E-state index contributed by atoms with van der Waals surface area (Å²) in [6.45, 7) is -1.72. The molecule has 2 aliphatic heterocycles. The number of carbonyl (C=O) groups excluding carboxylic acids is 6. The van der Waals surface area contributed by atoms with E-state index in [0.717, 1.165) is 9.80 Å². The van der Waals surface area contributed by atoms with Gasteiger partial charge in [-0.2, -0.15) is 0 Å². The molecule has 2 saturated heterocycles. The van der Waals surface area contributed by atoms with E-state index in [1.165, 1.54) is 0 Å². The van der Waals surface area contributed by atoms with Crippen LogP contribution in [0.2, 0.25) is 0 Å². The number of nitrogens with zero attached hydrogens (tertiary/aromatic N) is 4. The zero-order valence-electron chi connectivity index (χ0n) is 22.7. The van der Waals surface area contributed by atoms with Gasteiger partial charge in [0.15, 0.2) is 26.7 Å². The van der Waals surface area contributed by atoms with Gasteiger partial charge in [0.2, 0.25) is 23.6 Å². The summed E-state index contributed by atoms with van der Waals surface area (Å²) in [6.07, 6.45) is 0. The highest BCUT2D eigenvalue weighted by Crippen LogP contribution is 2.11. The van der Waals surface area contributed by atoms with E-state index in [4.69, 9.17) is 18.9 Å². The molecule has 0 unspecified atom stereocenters. The van der Waals surface area contributed by atoms with Gasteiger partial charge in [-0.15, -0.1) is 0 Å². The van der Waals surface area contributed by atoms with E-state index in [-0.39, 0.29) is 52.5 Å². The van der Waals surface area contributed by atoms with Gasteiger partial charge in [-0.3, -0.25) is 29.0 Å². The number of imide groups is 2. The molecule has 2 aliphatic rings. The van der Waals surface area contributed by atoms with Crippen molar-refractivity contribution in [2.45, 2.75) is 0 Å². The van der Waals surface area contributed by atoms with Gasteiger partial charge in [0, 0.05) is 13.1 Å². The third kappa shape index (κ3) is 8.84. The maximum absolute atomic E-state index is 12.5. The van der Waals surface area contributed by atoms with Crippen molar-refractivity contribution in [2.24, 2.45) is 0 Å². The zero-order chi connectivity index (χ0) is 29.9. The van der Waals surface area contributed by atoms with Crippen molar-refractivity contribution < 1.29 is 47.7 Å². The van der Waals surface area contributed by atoms with Crippen LogP contribution in [0.3, 0.4) is 0 Å². The average molecular weight is 583 g/mol. The Morgan fingerprint density at radius 3 is 1.21 bits per heavy atom. The average Bonchev–Trinajstić information content (AvgIpc) is 2.98. The Labute approximate surface area is 241 Å². The number of benzene rings is 2. The van der Waals surface area contributed by atoms with Crippen LogP contribution >= 0.6 is 0 Å². The van der Waals surface area contributed by atoms with Crippen LogP contribution < -0.4 is 9.47 Å². The van der Waals surface area contributed by atoms with Crippen molar-refractivity contribution in [3.8, 4) is 11.5 Å². The maximum Gasteiger partial charge on any atom is 0.345 e. The molecular weight excluding hydrogens is 552 g/mol. The molecule has 0 atom stereocenters. The van der Waals surface area contributed by atoms with Gasteiger partial charge in [-0.25, -0.2) is 19.4 Å². The number of rotatable bonds is 13. The number of piperazine rings is 2. The number of ether oxygens (including phenoxy) is 4. The topological polar surface area (TPSA) is 152 Å². The minimum atomic E-state index is -0.731. The number of esters is 2. The molecule has 4 rings (SSSR count). The van der Waals surface area contributed by atoms with Crippen LogP contribution in [0.1, 0.15) is 0 Å². The summed E-state index contributed by atoms with van der Waals surface area (Å²) < 4.78 is 20.6. The molecule has 2 fully saturated rings. The Balaban J connectivity index is 1.13. The van der Waals surface area contributed by atoms with Crippen LogP contribution in [0.5, 0.6) is 11.5 Å². The molecule has 4 amide bonds. The van der Waals surface area contributed by atoms with Gasteiger partial charge in [-0.05, 0) is 24.3 Å². The first-order valence-electron chi connectivity index (χ1n) is 13.1. The van der Waals surface area contributed by atoms with E-state index in [9.17, 15) is 28.8 Å². The van der Waals surface area contributed by atoms with Crippen LogP contribution in [0.4, 0.5) is 0 Å². The Hall–Kier alpha value is -4.82. The van der Waals surface area contributed by atoms with Crippen LogP contribution in [-0.4, -0.2) is 121 Å². The van der Waals surface area contributed by atoms with Crippen molar-refractivity contribution in [1.82, 2.24) is 19.6 Å². The van der Waals surface area contributed by atoms with E-state index in [0.29, 0.717) is 11.5 Å². The first kappa shape index (κ1) is 30.1. The summed E-state index contributed by atoms with van der Waals surface area (Å²) in [5, 5.41) is 0. The molecular formula is C28H30N4O10. The summed E-state index contributed by atoms with van der Waals surface area (Å²) >= 11 is 0. The van der Waals surface area contributed by atoms with Gasteiger partial charge in [-0.1, -0.05) is 36.4 Å². The standard InChI is InChI=1S/C28H30N4O10/c33-23-13-29(14-24(34)31(23)19-41-27(37)17-39-21-7-3-1-4-8-21)11-12-30-15-25(35)32(26(36)16-30)20-42-28(38)18-40-22-9-5-2-6-10-22/h1-10H,11-20H2. The number of amides is 4. The highest BCUT2D eigenvalue weighted by Gasteiger charge is 2.34. The molecule has 42 heavy (non-hydrogen) atoms. The van der Waals surface area contributed by atoms with E-state index in [1.54, 1.807) is 70.5 Å². The van der Waals surface area contributed by atoms with Crippen molar-refractivity contribution in [3.63, 3.8) is 0 Å². The van der Waals surface area contributed by atoms with Gasteiger partial charge < -0.3 is 18.9 Å². The van der Waals surface area contributed by atoms with Gasteiger partial charge in [0.05, 0.1) is 26.2 Å². The first-order chi connectivity index (χ1) is 20.3. The number of carbonyl (C=O) groups is 6. The quantitative estimate of drug-likeness (QED) is 0.221. The monoisotopic (exact) mass is 582 g/mol. The molecule has 0 bridgehead atoms. The highest BCUT2D eigenvalue weighted by molar-refractivity contribution is 6.00. The van der Waals surface area contributed by atoms with E-state index < -0.39 is 49.0 Å². The van der Waals surface area contributed by atoms with Gasteiger partial charge in [0.1, 0.15) is 11.5 Å². The molecule has 0 N–H and O–H groups in total. The Bertz CT molecular complexity index is 1150. The lowest BCUT2D eigenvalue weighted by Crippen LogP contribution is -2.58. The minimum absolute atomic E-state index is 0.104. The molecule has 0 saturated carbocycles. The molecule has 0 radical (unpaired) electrons. The Kier molecular flexibility index (Phi) is 10.6. The van der Waals surface area contributed by atoms with E-state index in [1.807, 2.05) is 0 Å². The summed E-state index contributed by atoms with van der Waals surface area (Å²) in [7, 11) is 0. The molecule has 14 heteroatoms. The third-order valence-electron chi connectivity index (χ3n) is 6.28. The first-order valence-corrected chi connectivity index (χ1v) is 13.1. The molecule has 0 aromatic heterocycles. The summed E-state index contributed by atoms with van der Waals surface area (Å²) in [4.78, 5) is 78.9. The second-order valence-corrected chi connectivity index (χ2v) is 9.35. The summed E-state index contributed by atoms with van der Waals surface area (Å²) in [5.74, 6) is -2.68. The van der Waals surface area contributed by atoms with Gasteiger partial charge >= 0.3 is 11.9 Å². The highest BCUT2D eigenvalue weighted by atomic mass is 16.6.